The average Bonchev–Trinajstić information content (AvgIpc) is 2.84. The minimum atomic E-state index is -0.267. The van der Waals surface area contributed by atoms with Crippen LogP contribution in [-0.2, 0) is 11.3 Å². The second-order valence-electron chi connectivity index (χ2n) is 5.73. The number of nitrogens with one attached hydrogen (secondary N) is 1. The van der Waals surface area contributed by atoms with Gasteiger partial charge in [0, 0.05) is 11.7 Å². The van der Waals surface area contributed by atoms with Crippen molar-refractivity contribution in [3.63, 3.8) is 0 Å². The molecule has 0 atom stereocenters. The Kier molecular flexibility index (Phi) is 4.02. The molecule has 1 heterocycles. The van der Waals surface area contributed by atoms with Gasteiger partial charge in [-0.2, -0.15) is 0 Å². The number of hydrogen-bond donors (Lipinski definition) is 1. The summed E-state index contributed by atoms with van der Waals surface area (Å²) in [5.41, 5.74) is 2.04. The first-order chi connectivity index (χ1) is 11.1. The third-order valence-corrected chi connectivity index (χ3v) is 3.79. The van der Waals surface area contributed by atoms with Gasteiger partial charge in [-0.05, 0) is 38.1 Å². The van der Waals surface area contributed by atoms with Crippen LogP contribution in [0.25, 0.3) is 11.0 Å². The van der Waals surface area contributed by atoms with Gasteiger partial charge in [-0.25, -0.2) is 4.79 Å². The fraction of sp³-hybridized carbons (Fsp3) is 0.222. The van der Waals surface area contributed by atoms with Crippen LogP contribution in [0.3, 0.4) is 0 Å². The number of benzene rings is 2. The Bertz CT molecular complexity index is 878. The Labute approximate surface area is 134 Å². The van der Waals surface area contributed by atoms with Gasteiger partial charge in [-0.3, -0.25) is 9.36 Å². The molecule has 0 radical (unpaired) electrons. The van der Waals surface area contributed by atoms with Crippen LogP contribution in [0.1, 0.15) is 13.8 Å². The Morgan fingerprint density at radius 2 is 1.74 bits per heavy atom. The molecule has 0 bridgehead atoms. The second kappa shape index (κ2) is 6.12. The van der Waals surface area contributed by atoms with Crippen molar-refractivity contribution in [2.75, 3.05) is 4.90 Å². The van der Waals surface area contributed by atoms with Crippen LogP contribution in [0.15, 0.2) is 59.4 Å². The molecule has 0 fully saturated rings. The molecule has 1 N–H and O–H groups in total. The lowest BCUT2D eigenvalue weighted by Crippen LogP contribution is -2.40. The number of hydrogen-bond acceptors (Lipinski definition) is 2. The molecule has 23 heavy (non-hydrogen) atoms. The van der Waals surface area contributed by atoms with Crippen LogP contribution in [0.4, 0.5) is 5.69 Å². The van der Waals surface area contributed by atoms with E-state index in [1.54, 1.807) is 4.90 Å². The Balaban J connectivity index is 1.96. The molecule has 1 aromatic heterocycles. The van der Waals surface area contributed by atoms with Crippen LogP contribution >= 0.6 is 0 Å². The van der Waals surface area contributed by atoms with Crippen molar-refractivity contribution >= 4 is 22.6 Å². The van der Waals surface area contributed by atoms with Crippen molar-refractivity contribution in [2.24, 2.45) is 0 Å². The van der Waals surface area contributed by atoms with Crippen LogP contribution in [0.5, 0.6) is 0 Å². The summed E-state index contributed by atoms with van der Waals surface area (Å²) in [7, 11) is 0. The van der Waals surface area contributed by atoms with Gasteiger partial charge in [-0.1, -0.05) is 30.3 Å². The zero-order chi connectivity index (χ0) is 16.4. The number of amides is 1. The normalized spacial score (nSPS) is 11.1. The molecule has 0 spiro atoms. The van der Waals surface area contributed by atoms with E-state index in [2.05, 4.69) is 4.98 Å². The average molecular weight is 309 g/mol. The van der Waals surface area contributed by atoms with Crippen molar-refractivity contribution in [3.05, 3.63) is 65.1 Å². The maximum atomic E-state index is 12.8. The fourth-order valence-electron chi connectivity index (χ4n) is 2.79. The summed E-state index contributed by atoms with van der Waals surface area (Å²) in [5.74, 6) is -0.113. The van der Waals surface area contributed by atoms with Gasteiger partial charge in [-0.15, -0.1) is 0 Å². The van der Waals surface area contributed by atoms with Gasteiger partial charge >= 0.3 is 5.69 Å². The molecule has 3 aromatic rings. The molecule has 0 saturated carbocycles. The molecule has 5 nitrogen and oxygen atoms in total. The highest BCUT2D eigenvalue weighted by Gasteiger charge is 2.20. The van der Waals surface area contributed by atoms with Crippen molar-refractivity contribution < 1.29 is 4.79 Å². The number of aromatic amines is 1. The monoisotopic (exact) mass is 309 g/mol. The van der Waals surface area contributed by atoms with Gasteiger partial charge in [0.15, 0.2) is 0 Å². The molecule has 0 saturated heterocycles. The van der Waals surface area contributed by atoms with Crippen molar-refractivity contribution in [3.8, 4) is 0 Å². The predicted molar refractivity (Wildman–Crippen MR) is 91.6 cm³/mol. The third kappa shape index (κ3) is 2.90. The predicted octanol–water partition coefficient (Wildman–Crippen LogP) is 2.77. The van der Waals surface area contributed by atoms with E-state index in [4.69, 9.17) is 0 Å². The highest BCUT2D eigenvalue weighted by Crippen LogP contribution is 2.18. The fourth-order valence-corrected chi connectivity index (χ4v) is 2.79. The Morgan fingerprint density at radius 1 is 1.09 bits per heavy atom. The number of anilines is 1. The van der Waals surface area contributed by atoms with E-state index in [0.29, 0.717) is 0 Å². The zero-order valence-electron chi connectivity index (χ0n) is 13.2. The molecule has 3 rings (SSSR count). The Hall–Kier alpha value is -2.82. The van der Waals surface area contributed by atoms with Gasteiger partial charge in [0.25, 0.3) is 0 Å². The lowest BCUT2D eigenvalue weighted by atomic mass is 10.2. The summed E-state index contributed by atoms with van der Waals surface area (Å²) in [6.45, 7) is 3.93. The number of carbonyl (C=O) groups excluding carboxylic acids is 1. The summed E-state index contributed by atoms with van der Waals surface area (Å²) >= 11 is 0. The van der Waals surface area contributed by atoms with E-state index < -0.39 is 0 Å². The topological polar surface area (TPSA) is 58.1 Å². The highest BCUT2D eigenvalue weighted by molar-refractivity contribution is 5.94. The smallest absolute Gasteiger partial charge is 0.308 e. The van der Waals surface area contributed by atoms with Gasteiger partial charge in [0.2, 0.25) is 5.91 Å². The molecule has 1 amide bonds. The number of rotatable bonds is 4. The minimum absolute atomic E-state index is 0.00538. The second-order valence-corrected chi connectivity index (χ2v) is 5.73. The number of nitrogens with zero attached hydrogens (tertiary/aromatic N) is 2. The molecule has 0 aliphatic heterocycles. The molecular weight excluding hydrogens is 290 g/mol. The summed E-state index contributed by atoms with van der Waals surface area (Å²) in [4.78, 5) is 29.4. The first kappa shape index (κ1) is 15.1. The first-order valence-corrected chi connectivity index (χ1v) is 7.62. The van der Waals surface area contributed by atoms with E-state index >= 15 is 0 Å². The van der Waals surface area contributed by atoms with E-state index in [0.717, 1.165) is 16.7 Å². The summed E-state index contributed by atoms with van der Waals surface area (Å²) < 4.78 is 1.48. The quantitative estimate of drug-likeness (QED) is 0.805. The van der Waals surface area contributed by atoms with Crippen molar-refractivity contribution in [1.82, 2.24) is 9.55 Å². The van der Waals surface area contributed by atoms with E-state index in [1.165, 1.54) is 4.57 Å². The zero-order valence-corrected chi connectivity index (χ0v) is 13.2. The number of fused-ring (bicyclic) bond motifs is 1. The number of carbonyl (C=O) groups is 1. The number of aromatic nitrogens is 2. The molecular formula is C18H19N3O2. The maximum absolute atomic E-state index is 12.8. The van der Waals surface area contributed by atoms with Gasteiger partial charge in [0.1, 0.15) is 6.54 Å². The molecule has 0 unspecified atom stereocenters. The van der Waals surface area contributed by atoms with Crippen LogP contribution in [0.2, 0.25) is 0 Å². The maximum Gasteiger partial charge on any atom is 0.326 e. The minimum Gasteiger partial charge on any atom is -0.308 e. The molecule has 2 aromatic carbocycles. The van der Waals surface area contributed by atoms with Gasteiger partial charge in [0.05, 0.1) is 11.0 Å². The largest absolute Gasteiger partial charge is 0.326 e. The van der Waals surface area contributed by atoms with Crippen molar-refractivity contribution in [1.29, 1.82) is 0 Å². The third-order valence-electron chi connectivity index (χ3n) is 3.79. The summed E-state index contributed by atoms with van der Waals surface area (Å²) in [6, 6.07) is 16.9. The molecule has 0 aliphatic rings. The highest BCUT2D eigenvalue weighted by atomic mass is 16.2. The number of H-pyrrole nitrogens is 1. The standard InChI is InChI=1S/C18H19N3O2/c1-13(2)21(14-8-4-3-5-9-14)17(22)12-20-16-11-7-6-10-15(16)19-18(20)23/h3-11,13H,12H2,1-2H3,(H,19,23). The lowest BCUT2D eigenvalue weighted by molar-refractivity contribution is -0.119. The van der Waals surface area contributed by atoms with Crippen LogP contribution < -0.4 is 10.6 Å². The Morgan fingerprint density at radius 3 is 2.43 bits per heavy atom. The SMILES string of the molecule is CC(C)N(C(=O)Cn1c(=O)[nH]c2ccccc21)c1ccccc1. The molecule has 5 heteroatoms. The van der Waals surface area contributed by atoms with Crippen LogP contribution in [0, 0.1) is 0 Å². The van der Waals surface area contributed by atoms with Crippen molar-refractivity contribution in [2.45, 2.75) is 26.4 Å². The summed E-state index contributed by atoms with van der Waals surface area (Å²) in [5, 5.41) is 0. The first-order valence-electron chi connectivity index (χ1n) is 7.62. The molecule has 0 aliphatic carbocycles. The van der Waals surface area contributed by atoms with Gasteiger partial charge < -0.3 is 9.88 Å². The lowest BCUT2D eigenvalue weighted by Gasteiger charge is -2.27. The summed E-state index contributed by atoms with van der Waals surface area (Å²) in [6.07, 6.45) is 0. The number of imidazole rings is 1. The van der Waals surface area contributed by atoms with E-state index in [-0.39, 0.29) is 24.2 Å². The number of para-hydroxylation sites is 3. The van der Waals surface area contributed by atoms with E-state index in [9.17, 15) is 9.59 Å². The molecule has 118 valence electrons. The van der Waals surface area contributed by atoms with Crippen LogP contribution in [-0.4, -0.2) is 21.5 Å². The van der Waals surface area contributed by atoms with E-state index in [1.807, 2.05) is 68.4 Å².